The molecule has 2 fully saturated rings. The number of amides is 4. The summed E-state index contributed by atoms with van der Waals surface area (Å²) in [5.74, 6) is 0.490. The van der Waals surface area contributed by atoms with Gasteiger partial charge >= 0.3 is 12.1 Å². The van der Waals surface area contributed by atoms with Crippen LogP contribution in [0.4, 0.5) is 15.3 Å². The SMILES string of the molecule is C=C(c1ccc(C)c(NC(=O)NCCCCCNC(=O)N2CCCCC2)c1)N1CCC(c2ccc(C#N)cc2)CC1. The first-order chi connectivity index (χ1) is 19.9. The highest BCUT2D eigenvalue weighted by Crippen LogP contribution is 2.32. The Balaban J connectivity index is 1.16. The van der Waals surface area contributed by atoms with Gasteiger partial charge in [0.25, 0.3) is 0 Å². The summed E-state index contributed by atoms with van der Waals surface area (Å²) in [5, 5.41) is 18.0. The van der Waals surface area contributed by atoms with E-state index in [0.717, 1.165) is 93.6 Å². The minimum atomic E-state index is -0.211. The average Bonchev–Trinajstić information content (AvgIpc) is 3.01. The maximum Gasteiger partial charge on any atom is 0.319 e. The zero-order valence-electron chi connectivity index (χ0n) is 24.4. The van der Waals surface area contributed by atoms with Crippen molar-refractivity contribution < 1.29 is 9.59 Å². The van der Waals surface area contributed by atoms with Crippen molar-refractivity contribution in [2.45, 2.75) is 64.2 Å². The third-order valence-corrected chi connectivity index (χ3v) is 8.27. The molecule has 0 atom stereocenters. The lowest BCUT2D eigenvalue weighted by Crippen LogP contribution is -2.43. The molecule has 4 amide bonds. The van der Waals surface area contributed by atoms with Crippen molar-refractivity contribution >= 4 is 23.4 Å². The van der Waals surface area contributed by atoms with Gasteiger partial charge in [-0.25, -0.2) is 9.59 Å². The number of anilines is 1. The van der Waals surface area contributed by atoms with Gasteiger partial charge in [-0.15, -0.1) is 0 Å². The molecule has 3 N–H and O–H groups in total. The van der Waals surface area contributed by atoms with E-state index in [2.05, 4.69) is 51.7 Å². The number of hydrogen-bond donors (Lipinski definition) is 3. The number of piperidine rings is 2. The summed E-state index contributed by atoms with van der Waals surface area (Å²) in [7, 11) is 0. The summed E-state index contributed by atoms with van der Waals surface area (Å²) in [6.45, 7) is 11.2. The summed E-state index contributed by atoms with van der Waals surface area (Å²) in [5.41, 5.74) is 5.76. The van der Waals surface area contributed by atoms with E-state index < -0.39 is 0 Å². The van der Waals surface area contributed by atoms with Crippen molar-refractivity contribution in [1.29, 1.82) is 5.26 Å². The fourth-order valence-corrected chi connectivity index (χ4v) is 5.63. The third kappa shape index (κ3) is 8.75. The monoisotopic (exact) mass is 556 g/mol. The van der Waals surface area contributed by atoms with Crippen LogP contribution in [0.1, 0.15) is 79.5 Å². The van der Waals surface area contributed by atoms with Crippen LogP contribution in [0.2, 0.25) is 0 Å². The second-order valence-corrected chi connectivity index (χ2v) is 11.2. The Morgan fingerprint density at radius 1 is 0.902 bits per heavy atom. The Labute approximate surface area is 244 Å². The van der Waals surface area contributed by atoms with Crippen molar-refractivity contribution in [2.24, 2.45) is 0 Å². The van der Waals surface area contributed by atoms with Gasteiger partial charge in [0.1, 0.15) is 0 Å². The summed E-state index contributed by atoms with van der Waals surface area (Å²) in [6, 6.07) is 16.1. The molecule has 0 bridgehead atoms. The fourth-order valence-electron chi connectivity index (χ4n) is 5.63. The highest BCUT2D eigenvalue weighted by molar-refractivity contribution is 5.90. The van der Waals surface area contributed by atoms with E-state index in [9.17, 15) is 9.59 Å². The lowest BCUT2D eigenvalue weighted by molar-refractivity contribution is 0.186. The molecule has 2 aliphatic rings. The van der Waals surface area contributed by atoms with Gasteiger partial charge in [0.15, 0.2) is 0 Å². The van der Waals surface area contributed by atoms with Crippen molar-refractivity contribution in [3.8, 4) is 6.07 Å². The first-order valence-corrected chi connectivity index (χ1v) is 15.1. The van der Waals surface area contributed by atoms with Crippen LogP contribution < -0.4 is 16.0 Å². The van der Waals surface area contributed by atoms with E-state index in [-0.39, 0.29) is 12.1 Å². The summed E-state index contributed by atoms with van der Waals surface area (Å²) in [6.07, 6.45) is 8.19. The first-order valence-electron chi connectivity index (χ1n) is 15.1. The number of nitrogens with one attached hydrogen (secondary N) is 3. The van der Waals surface area contributed by atoms with E-state index in [0.29, 0.717) is 24.6 Å². The molecule has 218 valence electrons. The van der Waals surface area contributed by atoms with Crippen LogP contribution in [0.3, 0.4) is 0 Å². The fraction of sp³-hybridized carbons (Fsp3) is 0.485. The van der Waals surface area contributed by atoms with Gasteiger partial charge in [0.2, 0.25) is 0 Å². The number of aryl methyl sites for hydroxylation is 1. The van der Waals surface area contributed by atoms with Crippen LogP contribution in [-0.2, 0) is 0 Å². The van der Waals surface area contributed by atoms with E-state index >= 15 is 0 Å². The molecule has 0 aromatic heterocycles. The van der Waals surface area contributed by atoms with Crippen LogP contribution in [0.5, 0.6) is 0 Å². The Bertz CT molecular complexity index is 1220. The van der Waals surface area contributed by atoms with Crippen LogP contribution >= 0.6 is 0 Å². The number of nitrogens with zero attached hydrogens (tertiary/aromatic N) is 3. The second-order valence-electron chi connectivity index (χ2n) is 11.2. The predicted molar refractivity (Wildman–Crippen MR) is 165 cm³/mol. The third-order valence-electron chi connectivity index (χ3n) is 8.27. The molecule has 2 aromatic carbocycles. The number of benzene rings is 2. The number of hydrogen-bond acceptors (Lipinski definition) is 4. The summed E-state index contributed by atoms with van der Waals surface area (Å²) in [4.78, 5) is 29.0. The topological polar surface area (TPSA) is 100 Å². The maximum atomic E-state index is 12.6. The molecule has 2 aromatic rings. The Morgan fingerprint density at radius 3 is 2.27 bits per heavy atom. The highest BCUT2D eigenvalue weighted by atomic mass is 16.2. The lowest BCUT2D eigenvalue weighted by Gasteiger charge is -2.35. The number of rotatable bonds is 10. The van der Waals surface area contributed by atoms with E-state index in [4.69, 9.17) is 5.26 Å². The number of nitriles is 1. The standard InChI is InChI=1S/C33H44N6O2/c1-25-9-12-30(26(2)38-21-15-29(16-22-38)28-13-10-27(24-34)11-14-28)23-31(25)37-32(40)35-17-5-3-6-18-36-33(41)39-19-7-4-8-20-39/h9-14,23,29H,2-8,15-22H2,1H3,(H,36,41)(H2,35,37,40). The van der Waals surface area contributed by atoms with Gasteiger partial charge < -0.3 is 25.8 Å². The predicted octanol–water partition coefficient (Wildman–Crippen LogP) is 6.20. The molecule has 0 aliphatic carbocycles. The van der Waals surface area contributed by atoms with E-state index in [1.54, 1.807) is 0 Å². The average molecular weight is 557 g/mol. The van der Waals surface area contributed by atoms with Gasteiger partial charge in [-0.05, 0) is 99.1 Å². The zero-order valence-corrected chi connectivity index (χ0v) is 24.4. The van der Waals surface area contributed by atoms with Crippen molar-refractivity contribution in [1.82, 2.24) is 20.4 Å². The molecule has 0 saturated carbocycles. The van der Waals surface area contributed by atoms with Crippen LogP contribution in [0.25, 0.3) is 5.70 Å². The Hall–Kier alpha value is -3.99. The molecule has 8 nitrogen and oxygen atoms in total. The molecule has 4 rings (SSSR count). The highest BCUT2D eigenvalue weighted by Gasteiger charge is 2.22. The lowest BCUT2D eigenvalue weighted by atomic mass is 9.88. The first kappa shape index (κ1) is 30.0. The molecule has 2 heterocycles. The van der Waals surface area contributed by atoms with Crippen molar-refractivity contribution in [3.05, 3.63) is 71.3 Å². The van der Waals surface area contributed by atoms with E-state index in [1.807, 2.05) is 36.1 Å². The largest absolute Gasteiger partial charge is 0.371 e. The smallest absolute Gasteiger partial charge is 0.319 e. The number of carbonyl (C=O) groups is 2. The molecule has 8 heteroatoms. The van der Waals surface area contributed by atoms with Gasteiger partial charge in [-0.1, -0.05) is 30.8 Å². The Morgan fingerprint density at radius 2 is 1.59 bits per heavy atom. The van der Waals surface area contributed by atoms with Crippen LogP contribution in [0.15, 0.2) is 49.0 Å². The molecule has 0 radical (unpaired) electrons. The van der Waals surface area contributed by atoms with Gasteiger partial charge in [-0.3, -0.25) is 0 Å². The molecular weight excluding hydrogens is 512 g/mol. The molecule has 41 heavy (non-hydrogen) atoms. The number of unbranched alkanes of at least 4 members (excludes halogenated alkanes) is 2. The van der Waals surface area contributed by atoms with Crippen LogP contribution in [0, 0.1) is 18.3 Å². The second kappa shape index (κ2) is 15.1. The maximum absolute atomic E-state index is 12.6. The normalized spacial score (nSPS) is 15.6. The van der Waals surface area contributed by atoms with E-state index in [1.165, 1.54) is 12.0 Å². The molecule has 0 unspecified atom stereocenters. The summed E-state index contributed by atoms with van der Waals surface area (Å²) < 4.78 is 0. The molecule has 2 saturated heterocycles. The van der Waals surface area contributed by atoms with Crippen LogP contribution in [-0.4, -0.2) is 61.1 Å². The number of carbonyl (C=O) groups excluding carboxylic acids is 2. The number of likely N-dealkylation sites (tertiary alicyclic amines) is 2. The minimum Gasteiger partial charge on any atom is -0.371 e. The minimum absolute atomic E-state index is 0.0510. The number of urea groups is 2. The van der Waals surface area contributed by atoms with Gasteiger partial charge in [-0.2, -0.15) is 5.26 Å². The quantitative estimate of drug-likeness (QED) is 0.303. The Kier molecular flexibility index (Phi) is 11.1. The van der Waals surface area contributed by atoms with Gasteiger partial charge in [0, 0.05) is 50.7 Å². The van der Waals surface area contributed by atoms with Crippen molar-refractivity contribution in [3.63, 3.8) is 0 Å². The molecule has 2 aliphatic heterocycles. The van der Waals surface area contributed by atoms with Crippen molar-refractivity contribution in [2.75, 3.05) is 44.6 Å². The van der Waals surface area contributed by atoms with Gasteiger partial charge in [0.05, 0.1) is 11.6 Å². The summed E-state index contributed by atoms with van der Waals surface area (Å²) >= 11 is 0. The molecular formula is C33H44N6O2. The zero-order chi connectivity index (χ0) is 29.0. The molecule has 0 spiro atoms.